The maximum Gasteiger partial charge on any atom is 0.0741 e. The third-order valence-corrected chi connectivity index (χ3v) is 3.44. The van der Waals surface area contributed by atoms with E-state index < -0.39 is 5.60 Å². The largest absolute Gasteiger partial charge is 0.389 e. The van der Waals surface area contributed by atoms with E-state index in [0.29, 0.717) is 0 Å². The Morgan fingerprint density at radius 2 is 1.95 bits per heavy atom. The Hall–Kier alpha value is -1.65. The Labute approximate surface area is 113 Å². The van der Waals surface area contributed by atoms with Crippen molar-refractivity contribution < 1.29 is 5.11 Å². The van der Waals surface area contributed by atoms with Crippen LogP contribution in [0.4, 0.5) is 0 Å². The molecule has 0 spiro atoms. The van der Waals surface area contributed by atoms with Gasteiger partial charge in [-0.15, -0.1) is 0 Å². The molecule has 2 rings (SSSR count). The molecular formula is C15H21N3O. The van der Waals surface area contributed by atoms with E-state index in [4.69, 9.17) is 0 Å². The molecule has 4 nitrogen and oxygen atoms in total. The molecule has 0 aliphatic rings. The number of hydrogen-bond donors (Lipinski definition) is 3. The summed E-state index contributed by atoms with van der Waals surface area (Å²) < 4.78 is 0. The van der Waals surface area contributed by atoms with Gasteiger partial charge >= 0.3 is 0 Å². The highest BCUT2D eigenvalue weighted by atomic mass is 16.3. The van der Waals surface area contributed by atoms with Crippen LogP contribution in [-0.2, 0) is 6.54 Å². The summed E-state index contributed by atoms with van der Waals surface area (Å²) in [5.41, 5.74) is 2.62. The first-order valence-electron chi connectivity index (χ1n) is 6.51. The smallest absolute Gasteiger partial charge is 0.0741 e. The summed E-state index contributed by atoms with van der Waals surface area (Å²) in [5, 5.41) is 20.1. The van der Waals surface area contributed by atoms with Gasteiger partial charge in [-0.25, -0.2) is 0 Å². The summed E-state index contributed by atoms with van der Waals surface area (Å²) >= 11 is 0. The van der Waals surface area contributed by atoms with Crippen LogP contribution in [-0.4, -0.2) is 26.9 Å². The fraction of sp³-hybridized carbons (Fsp3) is 0.400. The third-order valence-electron chi connectivity index (χ3n) is 3.44. The molecule has 1 aromatic heterocycles. The van der Waals surface area contributed by atoms with Crippen molar-refractivity contribution in [1.82, 2.24) is 15.5 Å². The van der Waals surface area contributed by atoms with Gasteiger partial charge in [-0.3, -0.25) is 5.10 Å². The van der Waals surface area contributed by atoms with Gasteiger partial charge in [0.05, 0.1) is 11.3 Å². The predicted molar refractivity (Wildman–Crippen MR) is 76.6 cm³/mol. The van der Waals surface area contributed by atoms with E-state index >= 15 is 0 Å². The monoisotopic (exact) mass is 259 g/mol. The maximum absolute atomic E-state index is 9.86. The molecule has 3 N–H and O–H groups in total. The van der Waals surface area contributed by atoms with Gasteiger partial charge in [0.1, 0.15) is 0 Å². The first kappa shape index (κ1) is 13.8. The van der Waals surface area contributed by atoms with E-state index in [0.717, 1.165) is 17.8 Å². The van der Waals surface area contributed by atoms with Gasteiger partial charge in [0.25, 0.3) is 0 Å². The van der Waals surface area contributed by atoms with Gasteiger partial charge in [-0.05, 0) is 38.0 Å². The average molecular weight is 259 g/mol. The third kappa shape index (κ3) is 3.66. The predicted octanol–water partition coefficient (Wildman–Crippen LogP) is 2.33. The van der Waals surface area contributed by atoms with Crippen LogP contribution in [0.5, 0.6) is 0 Å². The summed E-state index contributed by atoms with van der Waals surface area (Å²) in [7, 11) is 0. The van der Waals surface area contributed by atoms with Crippen molar-refractivity contribution in [2.75, 3.05) is 0 Å². The first-order chi connectivity index (χ1) is 8.97. The van der Waals surface area contributed by atoms with Crippen LogP contribution in [0.2, 0.25) is 0 Å². The van der Waals surface area contributed by atoms with Crippen molar-refractivity contribution in [3.8, 4) is 11.3 Å². The van der Waals surface area contributed by atoms with Gasteiger partial charge in [0, 0.05) is 18.8 Å². The van der Waals surface area contributed by atoms with Crippen molar-refractivity contribution in [3.05, 3.63) is 42.1 Å². The van der Waals surface area contributed by atoms with E-state index in [1.807, 2.05) is 26.8 Å². The Morgan fingerprint density at radius 3 is 2.47 bits per heavy atom. The van der Waals surface area contributed by atoms with Crippen molar-refractivity contribution in [3.63, 3.8) is 0 Å². The molecule has 4 heteroatoms. The molecule has 0 saturated heterocycles. The number of nitrogens with one attached hydrogen (secondary N) is 2. The SMILES string of the molecule is CC(NCc1ccc(-c2ccn[nH]2)cc1)C(C)(C)O. The van der Waals surface area contributed by atoms with Crippen LogP contribution in [0, 0.1) is 0 Å². The second-order valence-corrected chi connectivity index (χ2v) is 5.42. The minimum Gasteiger partial charge on any atom is -0.389 e. The first-order valence-corrected chi connectivity index (χ1v) is 6.51. The lowest BCUT2D eigenvalue weighted by molar-refractivity contribution is 0.0437. The molecule has 0 aliphatic carbocycles. The second-order valence-electron chi connectivity index (χ2n) is 5.42. The van der Waals surface area contributed by atoms with Gasteiger partial charge in [-0.2, -0.15) is 5.10 Å². The molecule has 102 valence electrons. The normalized spacial score (nSPS) is 13.5. The molecule has 1 heterocycles. The molecule has 2 aromatic rings. The lowest BCUT2D eigenvalue weighted by Crippen LogP contribution is -2.44. The Bertz CT molecular complexity index is 497. The molecule has 1 atom stereocenters. The fourth-order valence-electron chi connectivity index (χ4n) is 1.74. The van der Waals surface area contributed by atoms with E-state index in [1.54, 1.807) is 6.20 Å². The number of aromatic amines is 1. The molecule has 0 fully saturated rings. The number of H-pyrrole nitrogens is 1. The molecule has 0 bridgehead atoms. The summed E-state index contributed by atoms with van der Waals surface area (Å²) in [5.74, 6) is 0. The molecule has 0 saturated carbocycles. The zero-order chi connectivity index (χ0) is 13.9. The molecule has 1 unspecified atom stereocenters. The standard InChI is InChI=1S/C15H21N3O/c1-11(15(2,3)19)16-10-12-4-6-13(7-5-12)14-8-9-17-18-14/h4-9,11,16,19H,10H2,1-3H3,(H,17,18). The quantitative estimate of drug-likeness (QED) is 0.772. The summed E-state index contributed by atoms with van der Waals surface area (Å²) in [6.45, 7) is 6.35. The number of nitrogens with zero attached hydrogens (tertiary/aromatic N) is 1. The molecule has 0 aliphatic heterocycles. The van der Waals surface area contributed by atoms with Crippen molar-refractivity contribution in [2.45, 2.75) is 39.0 Å². The summed E-state index contributed by atoms with van der Waals surface area (Å²) in [6.07, 6.45) is 1.75. The minimum absolute atomic E-state index is 0.0415. The molecular weight excluding hydrogens is 238 g/mol. The Balaban J connectivity index is 1.96. The summed E-state index contributed by atoms with van der Waals surface area (Å²) in [6, 6.07) is 10.3. The molecule has 1 aromatic carbocycles. The highest BCUT2D eigenvalue weighted by Gasteiger charge is 2.21. The van der Waals surface area contributed by atoms with Crippen LogP contribution in [0.3, 0.4) is 0 Å². The number of hydrogen-bond acceptors (Lipinski definition) is 3. The van der Waals surface area contributed by atoms with E-state index in [2.05, 4.69) is 39.8 Å². The number of rotatable bonds is 5. The van der Waals surface area contributed by atoms with Crippen LogP contribution in [0.15, 0.2) is 36.5 Å². The lowest BCUT2D eigenvalue weighted by Gasteiger charge is -2.26. The van der Waals surface area contributed by atoms with Crippen LogP contribution >= 0.6 is 0 Å². The topological polar surface area (TPSA) is 60.9 Å². The Kier molecular flexibility index (Phi) is 4.02. The fourth-order valence-corrected chi connectivity index (χ4v) is 1.74. The van der Waals surface area contributed by atoms with Crippen molar-refractivity contribution in [2.24, 2.45) is 0 Å². The van der Waals surface area contributed by atoms with E-state index in [1.165, 1.54) is 5.56 Å². The second kappa shape index (κ2) is 5.55. The molecule has 0 amide bonds. The maximum atomic E-state index is 9.86. The number of aromatic nitrogens is 2. The lowest BCUT2D eigenvalue weighted by atomic mass is 10.0. The highest BCUT2D eigenvalue weighted by molar-refractivity contribution is 5.58. The minimum atomic E-state index is -0.712. The van der Waals surface area contributed by atoms with Gasteiger partial charge in [0.2, 0.25) is 0 Å². The van der Waals surface area contributed by atoms with Crippen LogP contribution in [0.1, 0.15) is 26.3 Å². The zero-order valence-corrected chi connectivity index (χ0v) is 11.6. The number of aliphatic hydroxyl groups is 1. The van der Waals surface area contributed by atoms with Crippen LogP contribution in [0.25, 0.3) is 11.3 Å². The molecule has 0 radical (unpaired) electrons. The van der Waals surface area contributed by atoms with E-state index in [9.17, 15) is 5.11 Å². The average Bonchev–Trinajstić information content (AvgIpc) is 2.89. The van der Waals surface area contributed by atoms with Gasteiger partial charge in [-0.1, -0.05) is 24.3 Å². The highest BCUT2D eigenvalue weighted by Crippen LogP contribution is 2.17. The molecule has 19 heavy (non-hydrogen) atoms. The number of benzene rings is 1. The summed E-state index contributed by atoms with van der Waals surface area (Å²) in [4.78, 5) is 0. The van der Waals surface area contributed by atoms with Gasteiger partial charge in [0.15, 0.2) is 0 Å². The Morgan fingerprint density at radius 1 is 1.26 bits per heavy atom. The van der Waals surface area contributed by atoms with Crippen molar-refractivity contribution >= 4 is 0 Å². The zero-order valence-electron chi connectivity index (χ0n) is 11.6. The van der Waals surface area contributed by atoms with Crippen molar-refractivity contribution in [1.29, 1.82) is 0 Å². The van der Waals surface area contributed by atoms with E-state index in [-0.39, 0.29) is 6.04 Å². The van der Waals surface area contributed by atoms with Gasteiger partial charge < -0.3 is 10.4 Å². The van der Waals surface area contributed by atoms with Crippen LogP contribution < -0.4 is 5.32 Å².